The highest BCUT2D eigenvalue weighted by Gasteiger charge is 2.51. The Balaban J connectivity index is 1.80. The van der Waals surface area contributed by atoms with Crippen molar-refractivity contribution < 1.29 is 14.4 Å². The van der Waals surface area contributed by atoms with Crippen molar-refractivity contribution in [2.24, 2.45) is 7.05 Å². The highest BCUT2D eigenvalue weighted by Crippen LogP contribution is 2.25. The summed E-state index contributed by atoms with van der Waals surface area (Å²) in [6.07, 6.45) is 2.24. The van der Waals surface area contributed by atoms with E-state index in [1.54, 1.807) is 34.8 Å². The highest BCUT2D eigenvalue weighted by molar-refractivity contribution is 6.08. The maximum atomic E-state index is 12.3. The van der Waals surface area contributed by atoms with Crippen molar-refractivity contribution in [3.05, 3.63) is 24.0 Å². The number of nitrogens with zero attached hydrogens (tertiary/aromatic N) is 2. The van der Waals surface area contributed by atoms with Crippen molar-refractivity contribution in [3.63, 3.8) is 0 Å². The number of hydrogen-bond acceptors (Lipinski definition) is 3. The van der Waals surface area contributed by atoms with Crippen LogP contribution in [0.2, 0.25) is 0 Å². The normalized spacial score (nSPS) is 25.8. The Labute approximate surface area is 109 Å². The minimum atomic E-state index is -0.947. The molecule has 2 aliphatic heterocycles. The van der Waals surface area contributed by atoms with E-state index in [9.17, 15) is 14.4 Å². The van der Waals surface area contributed by atoms with Gasteiger partial charge in [-0.05, 0) is 18.6 Å². The molecule has 1 unspecified atom stereocenters. The van der Waals surface area contributed by atoms with Gasteiger partial charge in [0.05, 0.1) is 6.54 Å². The van der Waals surface area contributed by atoms with Crippen molar-refractivity contribution in [1.29, 1.82) is 0 Å². The van der Waals surface area contributed by atoms with Gasteiger partial charge in [-0.1, -0.05) is 0 Å². The van der Waals surface area contributed by atoms with Crippen LogP contribution in [-0.4, -0.2) is 45.9 Å². The lowest BCUT2D eigenvalue weighted by molar-refractivity contribution is -0.123. The molecule has 1 aromatic rings. The molecule has 4 amide bonds. The van der Waals surface area contributed by atoms with Gasteiger partial charge in [0.15, 0.2) is 0 Å². The lowest BCUT2D eigenvalue weighted by Gasteiger charge is -2.21. The van der Waals surface area contributed by atoms with Gasteiger partial charge in [0.2, 0.25) is 0 Å². The summed E-state index contributed by atoms with van der Waals surface area (Å²) in [6, 6.07) is 3.04. The lowest BCUT2D eigenvalue weighted by Crippen LogP contribution is -2.49. The molecule has 2 fully saturated rings. The van der Waals surface area contributed by atoms with Crippen molar-refractivity contribution in [2.45, 2.75) is 12.0 Å². The SMILES string of the molecule is Cn1cccc1C(=O)N1CCC2(C1)NC(=O)NC2=O. The molecule has 0 saturated carbocycles. The van der Waals surface area contributed by atoms with E-state index < -0.39 is 11.6 Å². The number of aromatic nitrogens is 1. The molecule has 2 aliphatic rings. The molecule has 19 heavy (non-hydrogen) atoms. The van der Waals surface area contributed by atoms with Crippen LogP contribution in [0.1, 0.15) is 16.9 Å². The second-order valence-corrected chi connectivity index (χ2v) is 4.97. The van der Waals surface area contributed by atoms with Gasteiger partial charge in [-0.15, -0.1) is 0 Å². The number of rotatable bonds is 1. The van der Waals surface area contributed by atoms with Crippen molar-refractivity contribution in [1.82, 2.24) is 20.1 Å². The fourth-order valence-corrected chi connectivity index (χ4v) is 2.64. The van der Waals surface area contributed by atoms with Crippen LogP contribution in [0, 0.1) is 0 Å². The summed E-state index contributed by atoms with van der Waals surface area (Å²) in [4.78, 5) is 36.9. The summed E-state index contributed by atoms with van der Waals surface area (Å²) in [5, 5.41) is 4.85. The van der Waals surface area contributed by atoms with Crippen LogP contribution in [0.3, 0.4) is 0 Å². The molecule has 0 radical (unpaired) electrons. The van der Waals surface area contributed by atoms with Crippen LogP contribution in [0.15, 0.2) is 18.3 Å². The zero-order valence-electron chi connectivity index (χ0n) is 10.5. The fourth-order valence-electron chi connectivity index (χ4n) is 2.64. The third-order valence-corrected chi connectivity index (χ3v) is 3.73. The quantitative estimate of drug-likeness (QED) is 0.666. The largest absolute Gasteiger partial charge is 0.347 e. The van der Waals surface area contributed by atoms with Crippen LogP contribution in [0.5, 0.6) is 0 Å². The fraction of sp³-hybridized carbons (Fsp3) is 0.417. The molecule has 1 atom stereocenters. The average Bonchev–Trinajstić information content (AvgIpc) is 3.01. The standard InChI is InChI=1S/C12H14N4O3/c1-15-5-2-3-8(15)9(17)16-6-4-12(7-16)10(18)13-11(19)14-12/h2-3,5H,4,6-7H2,1H3,(H2,13,14,18,19). The summed E-state index contributed by atoms with van der Waals surface area (Å²) in [5.41, 5.74) is -0.375. The number of aryl methyl sites for hydroxylation is 1. The number of hydrogen-bond donors (Lipinski definition) is 2. The van der Waals surface area contributed by atoms with Gasteiger partial charge in [0.1, 0.15) is 11.2 Å². The molecule has 1 spiro atoms. The van der Waals surface area contributed by atoms with Gasteiger partial charge in [-0.25, -0.2) is 4.79 Å². The van der Waals surface area contributed by atoms with E-state index in [0.29, 0.717) is 18.7 Å². The molecule has 100 valence electrons. The van der Waals surface area contributed by atoms with Crippen molar-refractivity contribution in [2.75, 3.05) is 13.1 Å². The van der Waals surface area contributed by atoms with E-state index in [0.717, 1.165) is 0 Å². The summed E-state index contributed by atoms with van der Waals surface area (Å²) < 4.78 is 1.74. The van der Waals surface area contributed by atoms with E-state index in [2.05, 4.69) is 10.6 Å². The van der Waals surface area contributed by atoms with Crippen molar-refractivity contribution in [3.8, 4) is 0 Å². The second-order valence-electron chi connectivity index (χ2n) is 4.97. The van der Waals surface area contributed by atoms with Crippen LogP contribution in [0.4, 0.5) is 4.79 Å². The minimum Gasteiger partial charge on any atom is -0.347 e. The van der Waals surface area contributed by atoms with E-state index in [-0.39, 0.29) is 18.4 Å². The van der Waals surface area contributed by atoms with Crippen LogP contribution in [-0.2, 0) is 11.8 Å². The van der Waals surface area contributed by atoms with Crippen LogP contribution in [0.25, 0.3) is 0 Å². The third-order valence-electron chi connectivity index (χ3n) is 3.73. The van der Waals surface area contributed by atoms with Crippen LogP contribution >= 0.6 is 0 Å². The van der Waals surface area contributed by atoms with Gasteiger partial charge < -0.3 is 14.8 Å². The first-order chi connectivity index (χ1) is 9.02. The molecule has 0 aliphatic carbocycles. The first-order valence-corrected chi connectivity index (χ1v) is 6.06. The van der Waals surface area contributed by atoms with Gasteiger partial charge in [-0.3, -0.25) is 14.9 Å². The molecule has 1 aromatic heterocycles. The molecule has 0 bridgehead atoms. The Hall–Kier alpha value is -2.31. The number of likely N-dealkylation sites (tertiary alicyclic amines) is 1. The Morgan fingerprint density at radius 1 is 1.42 bits per heavy atom. The Morgan fingerprint density at radius 3 is 2.79 bits per heavy atom. The summed E-state index contributed by atoms with van der Waals surface area (Å²) in [5.74, 6) is -0.474. The predicted molar refractivity (Wildman–Crippen MR) is 65.3 cm³/mol. The van der Waals surface area contributed by atoms with Crippen molar-refractivity contribution >= 4 is 17.8 Å². The molecule has 2 N–H and O–H groups in total. The molecule has 7 nitrogen and oxygen atoms in total. The number of carbonyl (C=O) groups excluding carboxylic acids is 3. The number of imide groups is 1. The minimum absolute atomic E-state index is 0.127. The monoisotopic (exact) mass is 262 g/mol. The molecular weight excluding hydrogens is 248 g/mol. The first-order valence-electron chi connectivity index (χ1n) is 6.06. The van der Waals surface area contributed by atoms with E-state index in [1.165, 1.54) is 0 Å². The molecule has 3 rings (SSSR count). The maximum absolute atomic E-state index is 12.3. The maximum Gasteiger partial charge on any atom is 0.322 e. The van der Waals surface area contributed by atoms with Gasteiger partial charge >= 0.3 is 6.03 Å². The summed E-state index contributed by atoms with van der Waals surface area (Å²) in [6.45, 7) is 0.673. The number of urea groups is 1. The first kappa shape index (κ1) is 11.8. The average molecular weight is 262 g/mol. The Bertz CT molecular complexity index is 579. The van der Waals surface area contributed by atoms with Gasteiger partial charge in [0, 0.05) is 19.8 Å². The molecule has 0 aromatic carbocycles. The van der Waals surface area contributed by atoms with Gasteiger partial charge in [0.25, 0.3) is 11.8 Å². The van der Waals surface area contributed by atoms with Crippen LogP contribution < -0.4 is 10.6 Å². The summed E-state index contributed by atoms with van der Waals surface area (Å²) in [7, 11) is 1.79. The zero-order valence-corrected chi connectivity index (χ0v) is 10.5. The Kier molecular flexibility index (Phi) is 2.38. The summed E-state index contributed by atoms with van der Waals surface area (Å²) >= 11 is 0. The lowest BCUT2D eigenvalue weighted by atomic mass is 10.00. The zero-order chi connectivity index (χ0) is 13.6. The number of amides is 4. The van der Waals surface area contributed by atoms with E-state index in [4.69, 9.17) is 0 Å². The smallest absolute Gasteiger partial charge is 0.322 e. The molecule has 2 saturated heterocycles. The predicted octanol–water partition coefficient (Wildman–Crippen LogP) is -0.551. The third kappa shape index (κ3) is 1.69. The molecular formula is C12H14N4O3. The number of nitrogens with one attached hydrogen (secondary N) is 2. The number of carbonyl (C=O) groups is 3. The molecule has 7 heteroatoms. The highest BCUT2D eigenvalue weighted by atomic mass is 16.2. The topological polar surface area (TPSA) is 83.4 Å². The van der Waals surface area contributed by atoms with E-state index in [1.807, 2.05) is 0 Å². The van der Waals surface area contributed by atoms with E-state index >= 15 is 0 Å². The Morgan fingerprint density at radius 2 is 2.21 bits per heavy atom. The second kappa shape index (κ2) is 3.84. The molecule has 3 heterocycles. The van der Waals surface area contributed by atoms with Gasteiger partial charge in [-0.2, -0.15) is 0 Å².